The van der Waals surface area contributed by atoms with Crippen LogP contribution in [-0.4, -0.2) is 24.7 Å². The number of hydrogen-bond donors (Lipinski definition) is 1. The van der Waals surface area contributed by atoms with E-state index in [0.717, 1.165) is 0 Å². The lowest BCUT2D eigenvalue weighted by Gasteiger charge is -2.27. The molecule has 2 aliphatic rings. The van der Waals surface area contributed by atoms with Crippen molar-refractivity contribution in [3.8, 4) is 0 Å². The first-order valence-corrected chi connectivity index (χ1v) is 7.87. The molecule has 1 aromatic carbocycles. The predicted molar refractivity (Wildman–Crippen MR) is 91.3 cm³/mol. The van der Waals surface area contributed by atoms with Gasteiger partial charge in [-0.15, -0.1) is 0 Å². The number of rotatable bonds is 4. The molecule has 128 valence electrons. The number of hydrogen-bond acceptors (Lipinski definition) is 4. The van der Waals surface area contributed by atoms with Crippen LogP contribution in [0.5, 0.6) is 0 Å². The molecular formula is C18H14ClFN2O3. The van der Waals surface area contributed by atoms with Crippen molar-refractivity contribution in [2.45, 2.75) is 6.54 Å². The summed E-state index contributed by atoms with van der Waals surface area (Å²) in [7, 11) is 1.18. The van der Waals surface area contributed by atoms with E-state index < -0.39 is 17.8 Å². The summed E-state index contributed by atoms with van der Waals surface area (Å²) in [4.78, 5) is 28.3. The van der Waals surface area contributed by atoms with Crippen molar-refractivity contribution < 1.29 is 18.7 Å². The van der Waals surface area contributed by atoms with E-state index in [9.17, 15) is 14.0 Å². The number of carbonyl (C=O) groups is 2. The number of ether oxygens (including phenoxy) is 1. The molecule has 0 saturated heterocycles. The Hall–Kier alpha value is -2.73. The van der Waals surface area contributed by atoms with Crippen LogP contribution in [0.25, 0.3) is 0 Å². The zero-order valence-corrected chi connectivity index (χ0v) is 14.0. The van der Waals surface area contributed by atoms with E-state index in [-0.39, 0.29) is 17.9 Å². The van der Waals surface area contributed by atoms with Gasteiger partial charge in [0.15, 0.2) is 0 Å². The van der Waals surface area contributed by atoms with Crippen molar-refractivity contribution in [1.29, 1.82) is 0 Å². The Labute approximate surface area is 148 Å². The number of carbonyl (C=O) groups excluding carboxylic acids is 2. The van der Waals surface area contributed by atoms with Crippen molar-refractivity contribution in [3.05, 3.63) is 70.2 Å². The van der Waals surface area contributed by atoms with Gasteiger partial charge in [0, 0.05) is 17.8 Å². The van der Waals surface area contributed by atoms with Crippen molar-refractivity contribution in [1.82, 2.24) is 5.32 Å². The molecule has 1 N–H and O–H groups in total. The number of benzene rings is 1. The molecule has 1 unspecified atom stereocenters. The zero-order valence-electron chi connectivity index (χ0n) is 13.3. The first kappa shape index (κ1) is 17.1. The molecular weight excluding hydrogens is 347 g/mol. The van der Waals surface area contributed by atoms with E-state index >= 15 is 0 Å². The highest BCUT2D eigenvalue weighted by Crippen LogP contribution is 2.31. The maximum Gasteiger partial charge on any atom is 0.345 e. The zero-order chi connectivity index (χ0) is 18.0. The third kappa shape index (κ3) is 3.25. The molecule has 1 aliphatic heterocycles. The van der Waals surface area contributed by atoms with Crippen LogP contribution in [0.1, 0.15) is 5.56 Å². The van der Waals surface area contributed by atoms with Gasteiger partial charge in [-0.1, -0.05) is 42.0 Å². The lowest BCUT2D eigenvalue weighted by Crippen LogP contribution is -2.36. The first-order chi connectivity index (χ1) is 12.0. The van der Waals surface area contributed by atoms with Crippen LogP contribution in [0, 0.1) is 11.7 Å². The molecule has 0 saturated carbocycles. The second kappa shape index (κ2) is 7.03. The number of nitrogens with zero attached hydrogens (tertiary/aromatic N) is 1. The van der Waals surface area contributed by atoms with Gasteiger partial charge < -0.3 is 10.1 Å². The summed E-state index contributed by atoms with van der Waals surface area (Å²) in [5.41, 5.74) is 0.839. The van der Waals surface area contributed by atoms with E-state index in [1.54, 1.807) is 36.4 Å². The molecule has 0 spiro atoms. The number of amides is 1. The van der Waals surface area contributed by atoms with Crippen LogP contribution in [0.4, 0.5) is 4.39 Å². The molecule has 1 amide bonds. The van der Waals surface area contributed by atoms with Gasteiger partial charge in [-0.2, -0.15) is 0 Å². The summed E-state index contributed by atoms with van der Waals surface area (Å²) in [5, 5.41) is 3.31. The number of aliphatic imine (C=N–C) groups is 1. The molecule has 3 rings (SSSR count). The van der Waals surface area contributed by atoms with E-state index in [4.69, 9.17) is 16.3 Å². The number of esters is 1. The fourth-order valence-corrected chi connectivity index (χ4v) is 2.93. The molecule has 1 aromatic rings. The lowest BCUT2D eigenvalue weighted by molar-refractivity contribution is -0.137. The average molecular weight is 361 g/mol. The summed E-state index contributed by atoms with van der Waals surface area (Å²) in [6.45, 7) is 0.0920. The highest BCUT2D eigenvalue weighted by Gasteiger charge is 2.36. The number of nitrogens with one attached hydrogen (secondary N) is 1. The SMILES string of the molecule is COC(=O)C1=C(NCc2ccccc2F)C2C=CC=C(Cl)C2=NC1=O. The fraction of sp³-hybridized carbons (Fsp3) is 0.167. The standard InChI is InChI=1S/C18H14ClFN2O3/c1-25-18(24)14-16(21-9-10-5-2-3-8-13(10)20)11-6-4-7-12(19)15(11)22-17(14)23/h2-8,11,21H,9H2,1H3. The molecule has 1 aliphatic carbocycles. The smallest absolute Gasteiger partial charge is 0.345 e. The number of halogens is 2. The minimum atomic E-state index is -0.803. The fourth-order valence-electron chi connectivity index (χ4n) is 2.70. The Morgan fingerprint density at radius 1 is 1.40 bits per heavy atom. The maximum atomic E-state index is 13.9. The van der Waals surface area contributed by atoms with Crippen molar-refractivity contribution >= 4 is 29.2 Å². The Kier molecular flexibility index (Phi) is 4.81. The topological polar surface area (TPSA) is 67.8 Å². The quantitative estimate of drug-likeness (QED) is 0.662. The molecule has 1 atom stereocenters. The first-order valence-electron chi connectivity index (χ1n) is 7.50. The molecule has 0 bridgehead atoms. The maximum absolute atomic E-state index is 13.9. The van der Waals surface area contributed by atoms with E-state index in [1.807, 2.05) is 0 Å². The summed E-state index contributed by atoms with van der Waals surface area (Å²) in [5.74, 6) is -2.43. The minimum Gasteiger partial charge on any atom is -0.465 e. The Morgan fingerprint density at radius 3 is 2.88 bits per heavy atom. The average Bonchev–Trinajstić information content (AvgIpc) is 2.61. The number of fused-ring (bicyclic) bond motifs is 1. The molecule has 7 heteroatoms. The Bertz CT molecular complexity index is 871. The van der Waals surface area contributed by atoms with Gasteiger partial charge in [-0.3, -0.25) is 4.79 Å². The second-order valence-electron chi connectivity index (χ2n) is 5.40. The van der Waals surface area contributed by atoms with Gasteiger partial charge in [0.1, 0.15) is 11.4 Å². The Balaban J connectivity index is 1.99. The van der Waals surface area contributed by atoms with Crippen LogP contribution in [0.15, 0.2) is 63.8 Å². The van der Waals surface area contributed by atoms with E-state index in [2.05, 4.69) is 10.3 Å². The largest absolute Gasteiger partial charge is 0.465 e. The second-order valence-corrected chi connectivity index (χ2v) is 5.81. The van der Waals surface area contributed by atoms with Gasteiger partial charge >= 0.3 is 5.97 Å². The monoisotopic (exact) mass is 360 g/mol. The third-order valence-electron chi connectivity index (χ3n) is 3.92. The minimum absolute atomic E-state index is 0.0920. The van der Waals surface area contributed by atoms with Gasteiger partial charge in [0.05, 0.1) is 23.8 Å². The predicted octanol–water partition coefficient (Wildman–Crippen LogP) is 2.63. The molecule has 0 fully saturated rings. The molecule has 5 nitrogen and oxygen atoms in total. The Morgan fingerprint density at radius 2 is 2.16 bits per heavy atom. The summed E-state index contributed by atoms with van der Waals surface area (Å²) < 4.78 is 18.6. The van der Waals surface area contributed by atoms with Gasteiger partial charge in [-0.05, 0) is 12.1 Å². The molecule has 0 radical (unpaired) electrons. The third-order valence-corrected chi connectivity index (χ3v) is 4.24. The van der Waals surface area contributed by atoms with Crippen LogP contribution in [0.2, 0.25) is 0 Å². The van der Waals surface area contributed by atoms with Crippen LogP contribution < -0.4 is 5.32 Å². The molecule has 25 heavy (non-hydrogen) atoms. The van der Waals surface area contributed by atoms with Crippen LogP contribution in [0.3, 0.4) is 0 Å². The van der Waals surface area contributed by atoms with Crippen LogP contribution in [-0.2, 0) is 20.9 Å². The van der Waals surface area contributed by atoms with Crippen LogP contribution >= 0.6 is 11.6 Å². The molecule has 1 heterocycles. The molecule has 0 aromatic heterocycles. The van der Waals surface area contributed by atoms with Gasteiger partial charge in [0.2, 0.25) is 0 Å². The van der Waals surface area contributed by atoms with Gasteiger partial charge in [0.25, 0.3) is 5.91 Å². The number of allylic oxidation sites excluding steroid dienone is 4. The van der Waals surface area contributed by atoms with Crippen molar-refractivity contribution in [2.24, 2.45) is 10.9 Å². The summed E-state index contributed by atoms with van der Waals surface area (Å²) in [6.07, 6.45) is 5.08. The normalized spacial score (nSPS) is 19.2. The highest BCUT2D eigenvalue weighted by atomic mass is 35.5. The number of dihydropyridines is 1. The highest BCUT2D eigenvalue weighted by molar-refractivity contribution is 6.46. The van der Waals surface area contributed by atoms with E-state index in [1.165, 1.54) is 13.2 Å². The number of methoxy groups -OCH3 is 1. The summed E-state index contributed by atoms with van der Waals surface area (Å²) >= 11 is 6.12. The van der Waals surface area contributed by atoms with Gasteiger partial charge in [-0.25, -0.2) is 14.2 Å². The lowest BCUT2D eigenvalue weighted by atomic mass is 9.88. The van der Waals surface area contributed by atoms with Crippen molar-refractivity contribution in [3.63, 3.8) is 0 Å². The van der Waals surface area contributed by atoms with Crippen molar-refractivity contribution in [2.75, 3.05) is 7.11 Å². The van der Waals surface area contributed by atoms with E-state index in [0.29, 0.717) is 22.0 Å². The summed E-state index contributed by atoms with van der Waals surface area (Å²) in [6, 6.07) is 6.24.